The summed E-state index contributed by atoms with van der Waals surface area (Å²) in [6.45, 7) is 0. The first kappa shape index (κ1) is 19.5. The van der Waals surface area contributed by atoms with Gasteiger partial charge in [0.25, 0.3) is 0 Å². The minimum atomic E-state index is -0.414. The van der Waals surface area contributed by atoms with Crippen molar-refractivity contribution in [1.29, 1.82) is 0 Å². The molecule has 4 aromatic carbocycles. The molecular weight excluding hydrogens is 396 g/mol. The van der Waals surface area contributed by atoms with Crippen LogP contribution in [0.25, 0.3) is 28.6 Å². The molecule has 0 aliphatic heterocycles. The summed E-state index contributed by atoms with van der Waals surface area (Å²) < 4.78 is 7.95. The zero-order valence-corrected chi connectivity index (χ0v) is 17.3. The molecule has 0 fully saturated rings. The highest BCUT2D eigenvalue weighted by molar-refractivity contribution is 5.95. The number of fused-ring (bicyclic) bond motifs is 1. The number of para-hydroxylation sites is 3. The first-order valence-electron chi connectivity index (χ1n) is 10.4. The van der Waals surface area contributed by atoms with Crippen LogP contribution in [0.2, 0.25) is 0 Å². The van der Waals surface area contributed by atoms with Crippen molar-refractivity contribution in [3.8, 4) is 5.69 Å². The molecule has 5 rings (SSSR count). The van der Waals surface area contributed by atoms with Gasteiger partial charge in [0.2, 0.25) is 0 Å². The second-order valence-electron chi connectivity index (χ2n) is 7.26. The lowest BCUT2D eigenvalue weighted by Gasteiger charge is -2.11. The predicted molar refractivity (Wildman–Crippen MR) is 127 cm³/mol. The third-order valence-corrected chi connectivity index (χ3v) is 5.13. The molecule has 0 aliphatic rings. The highest BCUT2D eigenvalue weighted by Gasteiger charge is 2.16. The van der Waals surface area contributed by atoms with E-state index in [-0.39, 0.29) is 0 Å². The molecule has 0 radical (unpaired) electrons. The Morgan fingerprint density at radius 1 is 0.688 bits per heavy atom. The number of esters is 1. The molecule has 0 bridgehead atoms. The number of carbonyl (C=O) groups is 1. The van der Waals surface area contributed by atoms with Crippen LogP contribution in [0, 0.1) is 0 Å². The van der Waals surface area contributed by atoms with Gasteiger partial charge in [-0.25, -0.2) is 9.78 Å². The summed E-state index contributed by atoms with van der Waals surface area (Å²) >= 11 is 0. The van der Waals surface area contributed by atoms with Crippen molar-refractivity contribution < 1.29 is 9.53 Å². The summed E-state index contributed by atoms with van der Waals surface area (Å²) in [6, 6.07) is 36.6. The SMILES string of the molecule is O=C(OC(=Cc1nc2ccccc2n1-c1ccccc1)c1ccccc1)c1ccccc1. The molecule has 32 heavy (non-hydrogen) atoms. The van der Waals surface area contributed by atoms with Gasteiger partial charge in [0.15, 0.2) is 0 Å². The normalized spacial score (nSPS) is 11.4. The van der Waals surface area contributed by atoms with Gasteiger partial charge >= 0.3 is 5.97 Å². The van der Waals surface area contributed by atoms with Gasteiger partial charge in [0.05, 0.1) is 16.6 Å². The third-order valence-electron chi connectivity index (χ3n) is 5.13. The molecule has 0 aliphatic carbocycles. The van der Waals surface area contributed by atoms with Crippen LogP contribution >= 0.6 is 0 Å². The second-order valence-corrected chi connectivity index (χ2v) is 7.26. The van der Waals surface area contributed by atoms with Gasteiger partial charge in [-0.15, -0.1) is 0 Å². The molecule has 5 aromatic rings. The Hall–Kier alpha value is -4.44. The Morgan fingerprint density at radius 2 is 1.25 bits per heavy atom. The minimum Gasteiger partial charge on any atom is -0.422 e. The van der Waals surface area contributed by atoms with E-state index in [1.54, 1.807) is 12.1 Å². The van der Waals surface area contributed by atoms with Gasteiger partial charge in [-0.1, -0.05) is 78.9 Å². The van der Waals surface area contributed by atoms with Crippen LogP contribution in [0.5, 0.6) is 0 Å². The molecule has 0 atom stereocenters. The quantitative estimate of drug-likeness (QED) is 0.247. The van der Waals surface area contributed by atoms with Crippen LogP contribution < -0.4 is 0 Å². The summed E-state index contributed by atoms with van der Waals surface area (Å²) in [5, 5.41) is 0. The lowest BCUT2D eigenvalue weighted by atomic mass is 10.1. The fourth-order valence-corrected chi connectivity index (χ4v) is 3.61. The minimum absolute atomic E-state index is 0.414. The summed E-state index contributed by atoms with van der Waals surface area (Å²) in [4.78, 5) is 17.7. The molecule has 4 heteroatoms. The van der Waals surface area contributed by atoms with Crippen LogP contribution in [0.3, 0.4) is 0 Å². The number of rotatable bonds is 5. The van der Waals surface area contributed by atoms with Gasteiger partial charge in [-0.05, 0) is 36.4 Å². The smallest absolute Gasteiger partial charge is 0.343 e. The zero-order chi connectivity index (χ0) is 21.8. The van der Waals surface area contributed by atoms with Crippen LogP contribution in [0.1, 0.15) is 21.7 Å². The lowest BCUT2D eigenvalue weighted by Crippen LogP contribution is -2.05. The fraction of sp³-hybridized carbons (Fsp3) is 0. The van der Waals surface area contributed by atoms with Crippen LogP contribution in [-0.4, -0.2) is 15.5 Å². The van der Waals surface area contributed by atoms with Gasteiger partial charge in [0, 0.05) is 17.3 Å². The number of hydrogen-bond acceptors (Lipinski definition) is 3. The van der Waals surface area contributed by atoms with E-state index < -0.39 is 5.97 Å². The number of aromatic nitrogens is 2. The van der Waals surface area contributed by atoms with Crippen LogP contribution in [0.15, 0.2) is 115 Å². The Labute approximate surface area is 186 Å². The number of imidazole rings is 1. The van der Waals surface area contributed by atoms with Crippen molar-refractivity contribution in [2.75, 3.05) is 0 Å². The molecule has 1 heterocycles. The Morgan fingerprint density at radius 3 is 1.94 bits per heavy atom. The molecule has 0 N–H and O–H groups in total. The largest absolute Gasteiger partial charge is 0.422 e. The maximum absolute atomic E-state index is 12.9. The van der Waals surface area contributed by atoms with Gasteiger partial charge in [-0.3, -0.25) is 4.57 Å². The molecule has 154 valence electrons. The van der Waals surface area contributed by atoms with Gasteiger partial charge in [0.1, 0.15) is 11.6 Å². The van der Waals surface area contributed by atoms with Crippen LogP contribution in [-0.2, 0) is 4.74 Å². The average Bonchev–Trinajstić information content (AvgIpc) is 3.23. The van der Waals surface area contributed by atoms with Crippen molar-refractivity contribution >= 4 is 28.8 Å². The van der Waals surface area contributed by atoms with Gasteiger partial charge < -0.3 is 4.74 Å². The Kier molecular flexibility index (Phi) is 5.33. The standard InChI is InChI=1S/C28H20N2O2/c31-28(22-14-6-2-7-15-22)32-26(21-12-4-1-5-13-21)20-27-29-24-18-10-11-19-25(24)30(27)23-16-8-3-9-17-23/h1-20H. The lowest BCUT2D eigenvalue weighted by molar-refractivity contribution is 0.0693. The molecule has 1 aromatic heterocycles. The third kappa shape index (κ3) is 3.94. The van der Waals surface area contributed by atoms with Crippen molar-refractivity contribution in [3.63, 3.8) is 0 Å². The van der Waals surface area contributed by atoms with Crippen LogP contribution in [0.4, 0.5) is 0 Å². The summed E-state index contributed by atoms with van der Waals surface area (Å²) in [6.07, 6.45) is 1.82. The number of ether oxygens (including phenoxy) is 1. The van der Waals surface area contributed by atoms with E-state index in [9.17, 15) is 4.79 Å². The number of benzene rings is 4. The molecule has 0 saturated carbocycles. The van der Waals surface area contributed by atoms with Crippen molar-refractivity contribution in [3.05, 3.63) is 132 Å². The topological polar surface area (TPSA) is 44.1 Å². The van der Waals surface area contributed by atoms with E-state index in [1.165, 1.54) is 0 Å². The van der Waals surface area contributed by atoms with E-state index >= 15 is 0 Å². The Balaban J connectivity index is 1.66. The monoisotopic (exact) mass is 416 g/mol. The predicted octanol–water partition coefficient (Wildman–Crippen LogP) is 6.38. The summed E-state index contributed by atoms with van der Waals surface area (Å²) in [7, 11) is 0. The fourth-order valence-electron chi connectivity index (χ4n) is 3.61. The molecule has 0 unspecified atom stereocenters. The highest BCUT2D eigenvalue weighted by Crippen LogP contribution is 2.26. The molecule has 4 nitrogen and oxygen atoms in total. The number of carbonyl (C=O) groups excluding carboxylic acids is 1. The second kappa shape index (κ2) is 8.74. The highest BCUT2D eigenvalue weighted by atomic mass is 16.5. The number of hydrogen-bond donors (Lipinski definition) is 0. The van der Waals surface area contributed by atoms with E-state index in [0.29, 0.717) is 17.1 Å². The molecule has 0 spiro atoms. The van der Waals surface area contributed by atoms with Gasteiger partial charge in [-0.2, -0.15) is 0 Å². The van der Waals surface area contributed by atoms with E-state index in [2.05, 4.69) is 4.57 Å². The van der Waals surface area contributed by atoms with E-state index in [1.807, 2.05) is 109 Å². The van der Waals surface area contributed by atoms with Crippen molar-refractivity contribution in [1.82, 2.24) is 9.55 Å². The zero-order valence-electron chi connectivity index (χ0n) is 17.3. The first-order valence-corrected chi connectivity index (χ1v) is 10.4. The summed E-state index contributed by atoms with van der Waals surface area (Å²) in [5.41, 5.74) is 4.11. The number of nitrogens with zero attached hydrogens (tertiary/aromatic N) is 2. The molecular formula is C28H20N2O2. The van der Waals surface area contributed by atoms with E-state index in [0.717, 1.165) is 22.3 Å². The Bertz CT molecular complexity index is 1390. The maximum Gasteiger partial charge on any atom is 0.343 e. The molecule has 0 amide bonds. The van der Waals surface area contributed by atoms with Crippen molar-refractivity contribution in [2.24, 2.45) is 0 Å². The summed E-state index contributed by atoms with van der Waals surface area (Å²) in [5.74, 6) is 0.701. The van der Waals surface area contributed by atoms with E-state index in [4.69, 9.17) is 9.72 Å². The average molecular weight is 416 g/mol. The van der Waals surface area contributed by atoms with Crippen molar-refractivity contribution in [2.45, 2.75) is 0 Å². The molecule has 0 saturated heterocycles. The first-order chi connectivity index (χ1) is 15.8. The maximum atomic E-state index is 12.9.